The molecule has 26 heavy (non-hydrogen) atoms. The number of nitrogens with one attached hydrogen (secondary N) is 1. The maximum absolute atomic E-state index is 10.9. The first-order valence-electron chi connectivity index (χ1n) is 8.41. The lowest BCUT2D eigenvalue weighted by molar-refractivity contribution is -0.384. The van der Waals surface area contributed by atoms with E-state index in [9.17, 15) is 10.1 Å². The molecule has 128 valence electrons. The number of nitrogens with zero attached hydrogens (tertiary/aromatic N) is 2. The van der Waals surface area contributed by atoms with Crippen molar-refractivity contribution in [3.05, 3.63) is 112 Å². The van der Waals surface area contributed by atoms with Crippen molar-refractivity contribution in [1.29, 1.82) is 0 Å². The minimum Gasteiger partial charge on any atom is -0.361 e. The third-order valence-corrected chi connectivity index (χ3v) is 4.53. The Labute approximate surface area is 151 Å². The molecule has 1 heterocycles. The summed E-state index contributed by atoms with van der Waals surface area (Å²) in [5.74, 6) is 0.752. The SMILES string of the molecule is O=[N+]([O-])c1ccc(C2=N[C@H](c3ccccc3)[C@@H](c3ccccc3)N2)cc1. The molecule has 0 fully saturated rings. The van der Waals surface area contributed by atoms with E-state index in [1.54, 1.807) is 12.1 Å². The highest BCUT2D eigenvalue weighted by Crippen LogP contribution is 2.36. The summed E-state index contributed by atoms with van der Waals surface area (Å²) in [4.78, 5) is 15.4. The van der Waals surface area contributed by atoms with Crippen LogP contribution in [-0.4, -0.2) is 10.8 Å². The maximum Gasteiger partial charge on any atom is 0.269 e. The van der Waals surface area contributed by atoms with E-state index in [1.807, 2.05) is 36.4 Å². The minimum atomic E-state index is -0.396. The van der Waals surface area contributed by atoms with Gasteiger partial charge in [0, 0.05) is 17.7 Å². The number of rotatable bonds is 4. The average Bonchev–Trinajstić information content (AvgIpc) is 3.15. The van der Waals surface area contributed by atoms with Gasteiger partial charge in [-0.05, 0) is 23.3 Å². The number of hydrogen-bond acceptors (Lipinski definition) is 4. The predicted molar refractivity (Wildman–Crippen MR) is 101 cm³/mol. The van der Waals surface area contributed by atoms with E-state index in [0.29, 0.717) is 0 Å². The number of amidine groups is 1. The molecule has 0 saturated carbocycles. The van der Waals surface area contributed by atoms with E-state index in [-0.39, 0.29) is 17.8 Å². The molecule has 0 unspecified atom stereocenters. The first kappa shape index (κ1) is 16.0. The van der Waals surface area contributed by atoms with Gasteiger partial charge in [0.05, 0.1) is 11.0 Å². The van der Waals surface area contributed by atoms with Crippen LogP contribution >= 0.6 is 0 Å². The first-order chi connectivity index (χ1) is 12.7. The number of benzene rings is 3. The van der Waals surface area contributed by atoms with Crippen LogP contribution in [0, 0.1) is 10.1 Å². The number of nitro groups is 1. The molecular weight excluding hydrogens is 326 g/mol. The Kier molecular flexibility index (Phi) is 4.19. The van der Waals surface area contributed by atoms with Gasteiger partial charge in [-0.15, -0.1) is 0 Å². The molecule has 5 nitrogen and oxygen atoms in total. The second-order valence-electron chi connectivity index (χ2n) is 6.17. The van der Waals surface area contributed by atoms with Crippen molar-refractivity contribution in [2.75, 3.05) is 0 Å². The summed E-state index contributed by atoms with van der Waals surface area (Å²) in [7, 11) is 0. The molecule has 0 aliphatic carbocycles. The fraction of sp³-hybridized carbons (Fsp3) is 0.0952. The lowest BCUT2D eigenvalue weighted by atomic mass is 9.95. The van der Waals surface area contributed by atoms with Gasteiger partial charge in [0.1, 0.15) is 11.9 Å². The molecule has 1 N–H and O–H groups in total. The van der Waals surface area contributed by atoms with Crippen LogP contribution in [0.4, 0.5) is 5.69 Å². The quantitative estimate of drug-likeness (QED) is 0.563. The Morgan fingerprint density at radius 1 is 0.808 bits per heavy atom. The minimum absolute atomic E-state index is 0.0174. The lowest BCUT2D eigenvalue weighted by Gasteiger charge is -2.19. The van der Waals surface area contributed by atoms with Crippen LogP contribution in [-0.2, 0) is 0 Å². The summed E-state index contributed by atoms with van der Waals surface area (Å²) >= 11 is 0. The van der Waals surface area contributed by atoms with E-state index in [1.165, 1.54) is 12.1 Å². The number of aliphatic imine (C=N–C) groups is 1. The molecule has 1 aliphatic heterocycles. The molecule has 0 amide bonds. The highest BCUT2D eigenvalue weighted by atomic mass is 16.6. The number of hydrogen-bond donors (Lipinski definition) is 1. The highest BCUT2D eigenvalue weighted by molar-refractivity contribution is 6.00. The molecule has 0 spiro atoms. The Morgan fingerprint density at radius 2 is 1.38 bits per heavy atom. The van der Waals surface area contributed by atoms with Gasteiger partial charge in [0.25, 0.3) is 5.69 Å². The van der Waals surface area contributed by atoms with E-state index in [0.717, 1.165) is 22.5 Å². The van der Waals surface area contributed by atoms with Crippen molar-refractivity contribution in [2.45, 2.75) is 12.1 Å². The second kappa shape index (κ2) is 6.80. The van der Waals surface area contributed by atoms with Gasteiger partial charge >= 0.3 is 0 Å². The van der Waals surface area contributed by atoms with Crippen LogP contribution < -0.4 is 5.32 Å². The van der Waals surface area contributed by atoms with Gasteiger partial charge in [-0.3, -0.25) is 15.1 Å². The van der Waals surface area contributed by atoms with Crippen molar-refractivity contribution < 1.29 is 4.92 Å². The van der Waals surface area contributed by atoms with Crippen LogP contribution in [0.1, 0.15) is 28.8 Å². The van der Waals surface area contributed by atoms with Crippen molar-refractivity contribution in [3.63, 3.8) is 0 Å². The largest absolute Gasteiger partial charge is 0.361 e. The topological polar surface area (TPSA) is 67.5 Å². The Bertz CT molecular complexity index is 938. The predicted octanol–water partition coefficient (Wildman–Crippen LogP) is 4.43. The maximum atomic E-state index is 10.9. The molecule has 5 heteroatoms. The number of non-ortho nitro benzene ring substituents is 1. The summed E-state index contributed by atoms with van der Waals surface area (Å²) in [5, 5.41) is 14.4. The Balaban J connectivity index is 1.71. The fourth-order valence-electron chi connectivity index (χ4n) is 3.22. The fourth-order valence-corrected chi connectivity index (χ4v) is 3.22. The average molecular weight is 343 g/mol. The van der Waals surface area contributed by atoms with E-state index in [4.69, 9.17) is 4.99 Å². The zero-order chi connectivity index (χ0) is 17.9. The zero-order valence-electron chi connectivity index (χ0n) is 13.9. The summed E-state index contributed by atoms with van der Waals surface area (Å²) in [6.07, 6.45) is 0. The van der Waals surface area contributed by atoms with E-state index in [2.05, 4.69) is 29.6 Å². The highest BCUT2D eigenvalue weighted by Gasteiger charge is 2.31. The molecule has 2 atom stereocenters. The zero-order valence-corrected chi connectivity index (χ0v) is 13.9. The molecule has 4 rings (SSSR count). The van der Waals surface area contributed by atoms with Crippen LogP contribution in [0.3, 0.4) is 0 Å². The van der Waals surface area contributed by atoms with Crippen molar-refractivity contribution in [1.82, 2.24) is 5.32 Å². The normalized spacial score (nSPS) is 18.8. The third-order valence-electron chi connectivity index (χ3n) is 4.53. The van der Waals surface area contributed by atoms with Gasteiger partial charge in [-0.2, -0.15) is 0 Å². The van der Waals surface area contributed by atoms with Crippen LogP contribution in [0.2, 0.25) is 0 Å². The van der Waals surface area contributed by atoms with Gasteiger partial charge in [0.15, 0.2) is 0 Å². The monoisotopic (exact) mass is 343 g/mol. The van der Waals surface area contributed by atoms with E-state index >= 15 is 0 Å². The standard InChI is InChI=1S/C21H17N3O2/c25-24(26)18-13-11-17(12-14-18)21-22-19(15-7-3-1-4-8-15)20(23-21)16-9-5-2-6-10-16/h1-14,19-20H,(H,22,23)/t19-,20-/m1/s1. The van der Waals surface area contributed by atoms with Crippen LogP contribution in [0.25, 0.3) is 0 Å². The summed E-state index contributed by atoms with van der Waals surface area (Å²) in [6.45, 7) is 0. The van der Waals surface area contributed by atoms with Crippen LogP contribution in [0.5, 0.6) is 0 Å². The smallest absolute Gasteiger partial charge is 0.269 e. The molecule has 0 aromatic heterocycles. The summed E-state index contributed by atoms with van der Waals surface area (Å²) in [5.41, 5.74) is 3.20. The van der Waals surface area contributed by atoms with Crippen molar-refractivity contribution >= 4 is 11.5 Å². The molecular formula is C21H17N3O2. The Hall–Kier alpha value is -3.47. The van der Waals surface area contributed by atoms with Crippen molar-refractivity contribution in [2.24, 2.45) is 4.99 Å². The van der Waals surface area contributed by atoms with Gasteiger partial charge in [-0.1, -0.05) is 60.7 Å². The molecule has 3 aromatic rings. The molecule has 0 saturated heterocycles. The van der Waals surface area contributed by atoms with Crippen LogP contribution in [0.15, 0.2) is 89.9 Å². The molecule has 0 bridgehead atoms. The number of nitro benzene ring substituents is 1. The molecule has 3 aromatic carbocycles. The first-order valence-corrected chi connectivity index (χ1v) is 8.41. The lowest BCUT2D eigenvalue weighted by Crippen LogP contribution is -2.25. The molecule has 0 radical (unpaired) electrons. The van der Waals surface area contributed by atoms with E-state index < -0.39 is 4.92 Å². The Morgan fingerprint density at radius 3 is 1.96 bits per heavy atom. The van der Waals surface area contributed by atoms with Gasteiger partial charge in [0.2, 0.25) is 0 Å². The third kappa shape index (κ3) is 3.07. The second-order valence-corrected chi connectivity index (χ2v) is 6.17. The van der Waals surface area contributed by atoms with Crippen molar-refractivity contribution in [3.8, 4) is 0 Å². The van der Waals surface area contributed by atoms with Gasteiger partial charge in [-0.25, -0.2) is 0 Å². The molecule has 1 aliphatic rings. The summed E-state index contributed by atoms with van der Waals surface area (Å²) in [6, 6.07) is 26.8. The summed E-state index contributed by atoms with van der Waals surface area (Å²) < 4.78 is 0. The van der Waals surface area contributed by atoms with Gasteiger partial charge < -0.3 is 5.32 Å².